The molecule has 3 N–H and O–H groups in total. The van der Waals surface area contributed by atoms with Gasteiger partial charge in [0.25, 0.3) is 0 Å². The van der Waals surface area contributed by atoms with Crippen LogP contribution in [0.5, 0.6) is 0 Å². The summed E-state index contributed by atoms with van der Waals surface area (Å²) in [5.41, 5.74) is 0. The SMILES string of the molecule is CCCCCCCCCCC(O)C[NH2+]CC.[Cl-]. The van der Waals surface area contributed by atoms with Crippen LogP contribution in [0.1, 0.15) is 71.6 Å². The highest BCUT2D eigenvalue weighted by Crippen LogP contribution is 2.10. The molecule has 0 spiro atoms. The number of halogens is 1. The summed E-state index contributed by atoms with van der Waals surface area (Å²) in [6, 6.07) is 0. The van der Waals surface area contributed by atoms with Gasteiger partial charge in [0.2, 0.25) is 0 Å². The zero-order valence-corrected chi connectivity index (χ0v) is 12.5. The molecule has 0 fully saturated rings. The fourth-order valence-electron chi connectivity index (χ4n) is 1.99. The molecule has 0 bridgehead atoms. The van der Waals surface area contributed by atoms with Gasteiger partial charge < -0.3 is 22.8 Å². The summed E-state index contributed by atoms with van der Waals surface area (Å²) >= 11 is 0. The minimum Gasteiger partial charge on any atom is -1.00 e. The standard InChI is InChI=1S/C14H31NO.ClH/c1-3-5-6-7-8-9-10-11-12-14(16)13-15-4-2;/h14-16H,3-13H2,1-2H3;1H. The molecular formula is C14H32ClNO. The molecule has 2 nitrogen and oxygen atoms in total. The summed E-state index contributed by atoms with van der Waals surface area (Å²) in [4.78, 5) is 0. The Balaban J connectivity index is 0. The van der Waals surface area contributed by atoms with E-state index in [1.807, 2.05) is 0 Å². The first-order valence-corrected chi connectivity index (χ1v) is 7.31. The van der Waals surface area contributed by atoms with Gasteiger partial charge in [-0.1, -0.05) is 58.3 Å². The summed E-state index contributed by atoms with van der Waals surface area (Å²) in [5.74, 6) is 0. The molecule has 0 aliphatic heterocycles. The summed E-state index contributed by atoms with van der Waals surface area (Å²) < 4.78 is 0. The van der Waals surface area contributed by atoms with E-state index < -0.39 is 0 Å². The lowest BCUT2D eigenvalue weighted by Gasteiger charge is -2.08. The molecule has 0 aromatic carbocycles. The van der Waals surface area contributed by atoms with E-state index in [9.17, 15) is 5.11 Å². The molecular weight excluding hydrogens is 234 g/mol. The van der Waals surface area contributed by atoms with Gasteiger partial charge in [0.1, 0.15) is 12.6 Å². The third kappa shape index (κ3) is 16.2. The largest absolute Gasteiger partial charge is 1.00 e. The van der Waals surface area contributed by atoms with Crippen LogP contribution in [0, 0.1) is 0 Å². The number of likely N-dealkylation sites (N-methyl/N-ethyl adjacent to an activating group) is 1. The van der Waals surface area contributed by atoms with Crippen molar-refractivity contribution in [3.05, 3.63) is 0 Å². The van der Waals surface area contributed by atoms with Crippen molar-refractivity contribution in [2.45, 2.75) is 77.7 Å². The summed E-state index contributed by atoms with van der Waals surface area (Å²) in [6.07, 6.45) is 11.7. The maximum absolute atomic E-state index is 9.62. The van der Waals surface area contributed by atoms with Crippen LogP contribution < -0.4 is 17.7 Å². The van der Waals surface area contributed by atoms with Gasteiger partial charge >= 0.3 is 0 Å². The molecule has 0 aromatic heterocycles. The fraction of sp³-hybridized carbons (Fsp3) is 1.00. The number of aliphatic hydroxyl groups is 1. The molecule has 17 heavy (non-hydrogen) atoms. The van der Waals surface area contributed by atoms with Gasteiger partial charge in [-0.15, -0.1) is 0 Å². The van der Waals surface area contributed by atoms with Crippen LogP contribution in [-0.2, 0) is 0 Å². The van der Waals surface area contributed by atoms with Gasteiger partial charge in [0, 0.05) is 0 Å². The zero-order chi connectivity index (χ0) is 12.1. The molecule has 0 heterocycles. The van der Waals surface area contributed by atoms with E-state index in [1.54, 1.807) is 0 Å². The number of unbranched alkanes of at least 4 members (excludes halogenated alkanes) is 7. The van der Waals surface area contributed by atoms with E-state index in [1.165, 1.54) is 51.4 Å². The number of quaternary nitrogens is 1. The number of hydrogen-bond acceptors (Lipinski definition) is 1. The third-order valence-corrected chi connectivity index (χ3v) is 3.12. The van der Waals surface area contributed by atoms with Crippen LogP contribution in [-0.4, -0.2) is 24.3 Å². The van der Waals surface area contributed by atoms with Crippen molar-refractivity contribution < 1.29 is 22.8 Å². The molecule has 0 aromatic rings. The molecule has 3 heteroatoms. The normalized spacial score (nSPS) is 12.2. The van der Waals surface area contributed by atoms with Gasteiger partial charge in [-0.2, -0.15) is 0 Å². The third-order valence-electron chi connectivity index (χ3n) is 3.12. The minimum atomic E-state index is -0.0833. The predicted octanol–water partition coefficient (Wildman–Crippen LogP) is -0.535. The smallest absolute Gasteiger partial charge is 0.103 e. The van der Waals surface area contributed by atoms with Crippen molar-refractivity contribution in [3.8, 4) is 0 Å². The first-order valence-electron chi connectivity index (χ1n) is 7.31. The van der Waals surface area contributed by atoms with Gasteiger partial charge in [-0.25, -0.2) is 0 Å². The van der Waals surface area contributed by atoms with E-state index >= 15 is 0 Å². The van der Waals surface area contributed by atoms with Crippen LogP contribution in [0.25, 0.3) is 0 Å². The molecule has 0 aliphatic rings. The first-order chi connectivity index (χ1) is 7.81. The quantitative estimate of drug-likeness (QED) is 0.457. The van der Waals surface area contributed by atoms with Crippen LogP contribution >= 0.6 is 0 Å². The van der Waals surface area contributed by atoms with Crippen molar-refractivity contribution in [2.24, 2.45) is 0 Å². The molecule has 0 amide bonds. The van der Waals surface area contributed by atoms with Crippen LogP contribution in [0.15, 0.2) is 0 Å². The average molecular weight is 266 g/mol. The van der Waals surface area contributed by atoms with Gasteiger partial charge in [-0.05, 0) is 13.3 Å². The maximum Gasteiger partial charge on any atom is 0.103 e. The number of hydrogen-bond donors (Lipinski definition) is 2. The Labute approximate surface area is 114 Å². The Morgan fingerprint density at radius 3 is 1.94 bits per heavy atom. The Bertz CT molecular complexity index is 133. The highest BCUT2D eigenvalue weighted by atomic mass is 35.5. The Hall–Kier alpha value is 0.210. The number of rotatable bonds is 12. The number of aliphatic hydroxyl groups excluding tert-OH is 1. The lowest BCUT2D eigenvalue weighted by atomic mass is 10.1. The van der Waals surface area contributed by atoms with E-state index in [-0.39, 0.29) is 18.5 Å². The molecule has 0 saturated heterocycles. The minimum absolute atomic E-state index is 0. The molecule has 0 aliphatic carbocycles. The molecule has 1 unspecified atom stereocenters. The fourth-order valence-corrected chi connectivity index (χ4v) is 1.99. The van der Waals surface area contributed by atoms with Crippen LogP contribution in [0.3, 0.4) is 0 Å². The summed E-state index contributed by atoms with van der Waals surface area (Å²) in [6.45, 7) is 6.35. The predicted molar refractivity (Wildman–Crippen MR) is 70.6 cm³/mol. The van der Waals surface area contributed by atoms with Crippen molar-refractivity contribution in [1.82, 2.24) is 0 Å². The molecule has 0 radical (unpaired) electrons. The Kier molecular flexibility index (Phi) is 18.6. The zero-order valence-electron chi connectivity index (χ0n) is 11.8. The highest BCUT2D eigenvalue weighted by Gasteiger charge is 2.04. The van der Waals surface area contributed by atoms with Crippen molar-refractivity contribution in [3.63, 3.8) is 0 Å². The average Bonchev–Trinajstić information content (AvgIpc) is 2.30. The Morgan fingerprint density at radius 2 is 1.41 bits per heavy atom. The molecule has 1 atom stereocenters. The van der Waals surface area contributed by atoms with Gasteiger partial charge in [0.15, 0.2) is 0 Å². The molecule has 0 saturated carbocycles. The topological polar surface area (TPSA) is 36.8 Å². The monoisotopic (exact) mass is 265 g/mol. The van der Waals surface area contributed by atoms with Crippen LogP contribution in [0.2, 0.25) is 0 Å². The van der Waals surface area contributed by atoms with Crippen molar-refractivity contribution in [2.75, 3.05) is 13.1 Å². The lowest BCUT2D eigenvalue weighted by Crippen LogP contribution is -3.00. The second-order valence-corrected chi connectivity index (χ2v) is 4.85. The number of nitrogens with two attached hydrogens (primary N) is 1. The van der Waals surface area contributed by atoms with E-state index in [0.29, 0.717) is 0 Å². The van der Waals surface area contributed by atoms with Gasteiger partial charge in [0.05, 0.1) is 6.54 Å². The highest BCUT2D eigenvalue weighted by molar-refractivity contribution is 4.53. The second-order valence-electron chi connectivity index (χ2n) is 4.85. The second kappa shape index (κ2) is 16.2. The molecule has 106 valence electrons. The summed E-state index contributed by atoms with van der Waals surface area (Å²) in [7, 11) is 0. The van der Waals surface area contributed by atoms with E-state index in [4.69, 9.17) is 0 Å². The van der Waals surface area contributed by atoms with Gasteiger partial charge in [-0.3, -0.25) is 0 Å². The first kappa shape index (κ1) is 19.5. The Morgan fingerprint density at radius 1 is 0.882 bits per heavy atom. The summed E-state index contributed by atoms with van der Waals surface area (Å²) in [5, 5.41) is 11.8. The van der Waals surface area contributed by atoms with Crippen LogP contribution in [0.4, 0.5) is 0 Å². The van der Waals surface area contributed by atoms with E-state index in [0.717, 1.165) is 19.5 Å². The van der Waals surface area contributed by atoms with E-state index in [2.05, 4.69) is 19.2 Å². The van der Waals surface area contributed by atoms with Crippen molar-refractivity contribution >= 4 is 0 Å². The molecule has 0 rings (SSSR count). The van der Waals surface area contributed by atoms with Crippen molar-refractivity contribution in [1.29, 1.82) is 0 Å². The lowest BCUT2D eigenvalue weighted by molar-refractivity contribution is -0.658. The maximum atomic E-state index is 9.62.